The predicted octanol–water partition coefficient (Wildman–Crippen LogP) is 9.03. The number of nitrogens with one attached hydrogen (secondary N) is 1. The molecule has 6 rings (SSSR count). The van der Waals surface area contributed by atoms with E-state index in [1.165, 1.54) is 22.3 Å². The molecule has 0 radical (unpaired) electrons. The summed E-state index contributed by atoms with van der Waals surface area (Å²) in [6.07, 6.45) is 0. The Bertz CT molecular complexity index is 1450. The monoisotopic (exact) mass is 462 g/mol. The van der Waals surface area contributed by atoms with E-state index in [0.717, 1.165) is 28.2 Å². The van der Waals surface area contributed by atoms with Gasteiger partial charge in [-0.1, -0.05) is 140 Å². The van der Waals surface area contributed by atoms with Crippen molar-refractivity contribution in [3.05, 3.63) is 152 Å². The highest BCUT2D eigenvalue weighted by Crippen LogP contribution is 2.48. The van der Waals surface area contributed by atoms with Crippen LogP contribution >= 0.6 is 0 Å². The second-order valence-corrected chi connectivity index (χ2v) is 8.72. The van der Waals surface area contributed by atoms with Crippen LogP contribution in [-0.4, -0.2) is 4.68 Å². The Morgan fingerprint density at radius 3 is 1.00 bits per heavy atom. The average molecular weight is 463 g/mol. The lowest BCUT2D eigenvalue weighted by molar-refractivity contribution is 0.989. The number of hydrogen-bond acceptors (Lipinski definition) is 1. The number of para-hydroxylation sites is 1. The highest BCUT2D eigenvalue weighted by molar-refractivity contribution is 6.02. The van der Waals surface area contributed by atoms with Crippen molar-refractivity contribution in [2.24, 2.45) is 0 Å². The van der Waals surface area contributed by atoms with Gasteiger partial charge in [-0.3, -0.25) is 10.1 Å². The molecule has 0 fully saturated rings. The van der Waals surface area contributed by atoms with Crippen LogP contribution in [0, 0.1) is 0 Å². The van der Waals surface area contributed by atoms with Gasteiger partial charge in [-0.2, -0.15) is 0 Å². The molecule has 36 heavy (non-hydrogen) atoms. The molecule has 5 aromatic carbocycles. The maximum atomic E-state index is 3.76. The first-order valence-corrected chi connectivity index (χ1v) is 12.2. The minimum Gasteiger partial charge on any atom is -0.294 e. The van der Waals surface area contributed by atoms with Crippen LogP contribution in [0.2, 0.25) is 0 Å². The molecule has 0 saturated heterocycles. The zero-order valence-corrected chi connectivity index (χ0v) is 19.9. The largest absolute Gasteiger partial charge is 0.294 e. The fourth-order valence-corrected chi connectivity index (χ4v) is 4.84. The lowest BCUT2D eigenvalue weighted by Gasteiger charge is -2.17. The van der Waals surface area contributed by atoms with Gasteiger partial charge >= 0.3 is 0 Å². The lowest BCUT2D eigenvalue weighted by atomic mass is 9.91. The first-order valence-electron chi connectivity index (χ1n) is 12.2. The Morgan fingerprint density at radius 1 is 0.333 bits per heavy atom. The van der Waals surface area contributed by atoms with Crippen molar-refractivity contribution in [2.45, 2.75) is 0 Å². The summed E-state index contributed by atoms with van der Waals surface area (Å²) in [4.78, 5) is 0. The Labute approximate surface area is 212 Å². The van der Waals surface area contributed by atoms with Gasteiger partial charge in [0.2, 0.25) is 0 Å². The maximum Gasteiger partial charge on any atom is 0.0788 e. The molecule has 172 valence electrons. The highest BCUT2D eigenvalue weighted by Gasteiger charge is 2.27. The van der Waals surface area contributed by atoms with Gasteiger partial charge in [-0.15, -0.1) is 0 Å². The molecule has 1 heterocycles. The summed E-state index contributed by atoms with van der Waals surface area (Å²) < 4.78 is 2.27. The molecule has 1 aromatic heterocycles. The molecule has 1 N–H and O–H groups in total. The fraction of sp³-hybridized carbons (Fsp3) is 0. The molecule has 0 aliphatic rings. The Kier molecular flexibility index (Phi) is 5.91. The Morgan fingerprint density at radius 2 is 0.639 bits per heavy atom. The third kappa shape index (κ3) is 4.10. The van der Waals surface area contributed by atoms with Crippen LogP contribution in [0.3, 0.4) is 0 Å². The summed E-state index contributed by atoms with van der Waals surface area (Å²) in [7, 11) is 0. The zero-order chi connectivity index (χ0) is 24.2. The van der Waals surface area contributed by atoms with Crippen LogP contribution < -0.4 is 5.43 Å². The quantitative estimate of drug-likeness (QED) is 0.261. The van der Waals surface area contributed by atoms with Crippen molar-refractivity contribution < 1.29 is 0 Å². The van der Waals surface area contributed by atoms with Crippen LogP contribution in [0.1, 0.15) is 0 Å². The van der Waals surface area contributed by atoms with Gasteiger partial charge in [0.25, 0.3) is 0 Å². The van der Waals surface area contributed by atoms with E-state index in [0.29, 0.717) is 0 Å². The topological polar surface area (TPSA) is 17.0 Å². The van der Waals surface area contributed by atoms with Gasteiger partial charge < -0.3 is 0 Å². The van der Waals surface area contributed by atoms with E-state index in [-0.39, 0.29) is 0 Å². The van der Waals surface area contributed by atoms with Gasteiger partial charge in [-0.05, 0) is 23.3 Å². The molecule has 0 atom stereocenters. The van der Waals surface area contributed by atoms with E-state index in [2.05, 4.69) is 156 Å². The minimum atomic E-state index is 1.03. The molecule has 0 bridgehead atoms. The normalized spacial score (nSPS) is 10.8. The van der Waals surface area contributed by atoms with Crippen molar-refractivity contribution in [2.75, 3.05) is 5.43 Å². The van der Waals surface area contributed by atoms with E-state index in [4.69, 9.17) is 0 Å². The fourth-order valence-electron chi connectivity index (χ4n) is 4.84. The number of rotatable bonds is 6. The SMILES string of the molecule is c1ccc(Nn2c(-c3ccccc3)c(-c3ccccc3)c(-c3ccccc3)c2-c2ccccc2)cc1. The van der Waals surface area contributed by atoms with Crippen LogP contribution in [0.25, 0.3) is 44.8 Å². The maximum absolute atomic E-state index is 3.76. The van der Waals surface area contributed by atoms with E-state index in [1.807, 2.05) is 6.07 Å². The van der Waals surface area contributed by atoms with E-state index in [1.54, 1.807) is 0 Å². The predicted molar refractivity (Wildman–Crippen MR) is 152 cm³/mol. The number of anilines is 1. The summed E-state index contributed by atoms with van der Waals surface area (Å²) in [6.45, 7) is 0. The molecule has 0 spiro atoms. The number of nitrogens with zero attached hydrogens (tertiary/aromatic N) is 1. The number of benzene rings is 5. The number of hydrogen-bond donors (Lipinski definition) is 1. The molecule has 2 heteroatoms. The molecule has 2 nitrogen and oxygen atoms in total. The standard InChI is InChI=1S/C34H26N2/c1-6-16-26(17-7-1)31-32(27-18-8-2-9-19-27)34(29-22-12-4-13-23-29)36(35-30-24-14-5-15-25-30)33(31)28-20-10-3-11-21-28/h1-25,35H. The van der Waals surface area contributed by atoms with Gasteiger partial charge in [0, 0.05) is 22.3 Å². The van der Waals surface area contributed by atoms with Crippen molar-refractivity contribution in [1.29, 1.82) is 0 Å². The Balaban J connectivity index is 1.78. The number of aromatic nitrogens is 1. The second kappa shape index (κ2) is 9.81. The Hall–Kier alpha value is -4.82. The van der Waals surface area contributed by atoms with Crippen molar-refractivity contribution in [3.8, 4) is 44.8 Å². The van der Waals surface area contributed by atoms with Crippen molar-refractivity contribution in [1.82, 2.24) is 4.68 Å². The third-order valence-electron chi connectivity index (χ3n) is 6.40. The van der Waals surface area contributed by atoms with Gasteiger partial charge in [0.1, 0.15) is 0 Å². The van der Waals surface area contributed by atoms with Gasteiger partial charge in [0.15, 0.2) is 0 Å². The third-order valence-corrected chi connectivity index (χ3v) is 6.40. The molecule has 0 unspecified atom stereocenters. The summed E-state index contributed by atoms with van der Waals surface area (Å²) in [6, 6.07) is 53.1. The smallest absolute Gasteiger partial charge is 0.0788 e. The first-order chi connectivity index (χ1) is 17.9. The molecule has 0 saturated carbocycles. The van der Waals surface area contributed by atoms with Crippen LogP contribution in [-0.2, 0) is 0 Å². The van der Waals surface area contributed by atoms with Gasteiger partial charge in [-0.25, -0.2) is 0 Å². The summed E-state index contributed by atoms with van der Waals surface area (Å²) in [5.41, 5.74) is 14.1. The highest BCUT2D eigenvalue weighted by atomic mass is 15.4. The van der Waals surface area contributed by atoms with E-state index < -0.39 is 0 Å². The second-order valence-electron chi connectivity index (χ2n) is 8.72. The summed E-state index contributed by atoms with van der Waals surface area (Å²) in [5, 5.41) is 0. The molecule has 6 aromatic rings. The van der Waals surface area contributed by atoms with Crippen LogP contribution in [0.4, 0.5) is 5.69 Å². The lowest BCUT2D eigenvalue weighted by Crippen LogP contribution is -2.12. The molecule has 0 aliphatic heterocycles. The minimum absolute atomic E-state index is 1.03. The van der Waals surface area contributed by atoms with Crippen LogP contribution in [0.5, 0.6) is 0 Å². The zero-order valence-electron chi connectivity index (χ0n) is 19.9. The first kappa shape index (κ1) is 21.7. The van der Waals surface area contributed by atoms with Crippen molar-refractivity contribution in [3.63, 3.8) is 0 Å². The molecule has 0 amide bonds. The molecule has 0 aliphatic carbocycles. The van der Waals surface area contributed by atoms with E-state index >= 15 is 0 Å². The van der Waals surface area contributed by atoms with Crippen LogP contribution in [0.15, 0.2) is 152 Å². The van der Waals surface area contributed by atoms with E-state index in [9.17, 15) is 0 Å². The summed E-state index contributed by atoms with van der Waals surface area (Å²) >= 11 is 0. The van der Waals surface area contributed by atoms with Crippen molar-refractivity contribution >= 4 is 5.69 Å². The molecular formula is C34H26N2. The summed E-state index contributed by atoms with van der Waals surface area (Å²) in [5.74, 6) is 0. The molecular weight excluding hydrogens is 436 g/mol. The van der Waals surface area contributed by atoms with Gasteiger partial charge in [0.05, 0.1) is 17.1 Å². The average Bonchev–Trinajstić information content (AvgIpc) is 3.30.